The summed E-state index contributed by atoms with van der Waals surface area (Å²) in [6.07, 6.45) is 1.54. The predicted octanol–water partition coefficient (Wildman–Crippen LogP) is 5.95. The molecule has 0 spiro atoms. The minimum absolute atomic E-state index is 0.181. The van der Waals surface area contributed by atoms with E-state index in [4.69, 9.17) is 14.7 Å². The van der Waals surface area contributed by atoms with E-state index in [0.717, 1.165) is 18.2 Å². The van der Waals surface area contributed by atoms with E-state index in [-0.39, 0.29) is 17.7 Å². The third-order valence-electron chi connectivity index (χ3n) is 4.64. The molecule has 3 rings (SSSR count). The molecule has 0 heterocycles. The number of carbonyl (C=O) groups is 1. The van der Waals surface area contributed by atoms with Crippen LogP contribution in [0.5, 0.6) is 5.75 Å². The molecule has 168 valence electrons. The molecular formula is C25H17F4NO3. The first-order valence-electron chi connectivity index (χ1n) is 9.75. The largest absolute Gasteiger partial charge is 0.493 e. The Balaban J connectivity index is 1.74. The number of ether oxygens (including phenoxy) is 2. The average Bonchev–Trinajstić information content (AvgIpc) is 2.78. The van der Waals surface area contributed by atoms with Crippen molar-refractivity contribution in [1.29, 1.82) is 5.26 Å². The number of rotatable bonds is 8. The van der Waals surface area contributed by atoms with E-state index in [1.54, 1.807) is 24.3 Å². The summed E-state index contributed by atoms with van der Waals surface area (Å²) in [6.45, 7) is 3.76. The summed E-state index contributed by atoms with van der Waals surface area (Å²) in [4.78, 5) is 10.9. The molecule has 8 heteroatoms. The van der Waals surface area contributed by atoms with Crippen molar-refractivity contribution in [3.05, 3.63) is 90.0 Å². The normalized spacial score (nSPS) is 10.4. The van der Waals surface area contributed by atoms with Gasteiger partial charge in [-0.3, -0.25) is 0 Å². The molecule has 0 aromatic heterocycles. The van der Waals surface area contributed by atoms with E-state index in [9.17, 15) is 22.4 Å². The van der Waals surface area contributed by atoms with Crippen molar-refractivity contribution in [3.8, 4) is 34.1 Å². The van der Waals surface area contributed by atoms with Gasteiger partial charge in [0.05, 0.1) is 18.8 Å². The summed E-state index contributed by atoms with van der Waals surface area (Å²) in [5.41, 5.74) is -1.07. The Hall–Kier alpha value is -4.12. The van der Waals surface area contributed by atoms with Crippen LogP contribution in [0.4, 0.5) is 17.6 Å². The van der Waals surface area contributed by atoms with Gasteiger partial charge in [0.1, 0.15) is 40.7 Å². The summed E-state index contributed by atoms with van der Waals surface area (Å²) >= 11 is 0. The highest BCUT2D eigenvalue weighted by molar-refractivity contribution is 5.81. The molecule has 0 saturated carbocycles. The monoisotopic (exact) mass is 455 g/mol. The maximum absolute atomic E-state index is 14.7. The SMILES string of the molecule is C=CC(=O)OCCCOc1ccc(-c2cc(F)c(-c3cc(F)c(C#N)c(F)c3)c(F)c2)cc1. The molecule has 33 heavy (non-hydrogen) atoms. The van der Waals surface area contributed by atoms with Crippen LogP contribution < -0.4 is 4.74 Å². The third kappa shape index (κ3) is 5.57. The number of benzene rings is 3. The molecule has 0 amide bonds. The second-order valence-electron chi connectivity index (χ2n) is 6.84. The van der Waals surface area contributed by atoms with Crippen LogP contribution in [-0.2, 0) is 9.53 Å². The highest BCUT2D eigenvalue weighted by Gasteiger charge is 2.18. The van der Waals surface area contributed by atoms with Gasteiger partial charge in [0.15, 0.2) is 0 Å². The van der Waals surface area contributed by atoms with Crippen molar-refractivity contribution in [3.63, 3.8) is 0 Å². The van der Waals surface area contributed by atoms with Crippen molar-refractivity contribution in [2.24, 2.45) is 0 Å². The van der Waals surface area contributed by atoms with Gasteiger partial charge in [0.25, 0.3) is 0 Å². The molecule has 0 aliphatic rings. The lowest BCUT2D eigenvalue weighted by Crippen LogP contribution is -2.06. The first-order valence-corrected chi connectivity index (χ1v) is 9.75. The molecule has 0 saturated heterocycles. The molecule has 4 nitrogen and oxygen atoms in total. The Bertz CT molecular complexity index is 1190. The van der Waals surface area contributed by atoms with Gasteiger partial charge in [-0.25, -0.2) is 22.4 Å². The van der Waals surface area contributed by atoms with E-state index in [0.29, 0.717) is 36.5 Å². The lowest BCUT2D eigenvalue weighted by Gasteiger charge is -2.11. The predicted molar refractivity (Wildman–Crippen MR) is 113 cm³/mol. The van der Waals surface area contributed by atoms with E-state index < -0.39 is 40.4 Å². The van der Waals surface area contributed by atoms with Crippen LogP contribution in [0, 0.1) is 34.6 Å². The Morgan fingerprint density at radius 1 is 0.879 bits per heavy atom. The summed E-state index contributed by atoms with van der Waals surface area (Å²) in [7, 11) is 0. The molecule has 0 fully saturated rings. The third-order valence-corrected chi connectivity index (χ3v) is 4.64. The first kappa shape index (κ1) is 23.5. The van der Waals surface area contributed by atoms with Crippen LogP contribution in [0.15, 0.2) is 61.2 Å². The van der Waals surface area contributed by atoms with Gasteiger partial charge in [0.2, 0.25) is 0 Å². The maximum atomic E-state index is 14.7. The van der Waals surface area contributed by atoms with Crippen LogP contribution in [0.25, 0.3) is 22.3 Å². The van der Waals surface area contributed by atoms with Gasteiger partial charge >= 0.3 is 5.97 Å². The molecule has 0 aliphatic heterocycles. The number of hydrogen-bond acceptors (Lipinski definition) is 4. The summed E-state index contributed by atoms with van der Waals surface area (Å²) < 4.78 is 67.5. The zero-order valence-corrected chi connectivity index (χ0v) is 17.2. The van der Waals surface area contributed by atoms with E-state index >= 15 is 0 Å². The van der Waals surface area contributed by atoms with Crippen LogP contribution in [0.2, 0.25) is 0 Å². The Morgan fingerprint density at radius 2 is 1.45 bits per heavy atom. The average molecular weight is 455 g/mol. The van der Waals surface area contributed by atoms with Gasteiger partial charge in [-0.15, -0.1) is 0 Å². The van der Waals surface area contributed by atoms with Crippen molar-refractivity contribution < 1.29 is 31.8 Å². The zero-order valence-electron chi connectivity index (χ0n) is 17.2. The minimum atomic E-state index is -1.20. The van der Waals surface area contributed by atoms with Gasteiger partial charge in [-0.05, 0) is 53.1 Å². The molecule has 0 radical (unpaired) electrons. The fraction of sp³-hybridized carbons (Fsp3) is 0.120. The zero-order chi connectivity index (χ0) is 24.0. The van der Waals surface area contributed by atoms with Crippen molar-refractivity contribution in [1.82, 2.24) is 0 Å². The van der Waals surface area contributed by atoms with Crippen molar-refractivity contribution in [2.75, 3.05) is 13.2 Å². The van der Waals surface area contributed by atoms with Gasteiger partial charge in [-0.2, -0.15) is 5.26 Å². The van der Waals surface area contributed by atoms with E-state index in [2.05, 4.69) is 6.58 Å². The molecule has 0 bridgehead atoms. The van der Waals surface area contributed by atoms with Crippen molar-refractivity contribution >= 4 is 5.97 Å². The number of carbonyl (C=O) groups excluding carboxylic acids is 1. The first-order chi connectivity index (χ1) is 15.8. The maximum Gasteiger partial charge on any atom is 0.330 e. The van der Waals surface area contributed by atoms with Gasteiger partial charge in [0, 0.05) is 12.5 Å². The highest BCUT2D eigenvalue weighted by Crippen LogP contribution is 2.33. The topological polar surface area (TPSA) is 59.3 Å². The molecule has 3 aromatic rings. The minimum Gasteiger partial charge on any atom is -0.493 e. The van der Waals surface area contributed by atoms with E-state index in [1.165, 1.54) is 6.07 Å². The van der Waals surface area contributed by atoms with Crippen LogP contribution >= 0.6 is 0 Å². The number of esters is 1. The summed E-state index contributed by atoms with van der Waals surface area (Å²) in [5.74, 6) is -4.44. The Labute approximate surface area is 187 Å². The number of nitrogens with zero attached hydrogens (tertiary/aromatic N) is 1. The van der Waals surface area contributed by atoms with Gasteiger partial charge in [-0.1, -0.05) is 18.7 Å². The number of hydrogen-bond donors (Lipinski definition) is 0. The Morgan fingerprint density at radius 3 is 2.00 bits per heavy atom. The molecule has 0 aliphatic carbocycles. The van der Waals surface area contributed by atoms with Crippen molar-refractivity contribution in [2.45, 2.75) is 6.42 Å². The summed E-state index contributed by atoms with van der Waals surface area (Å²) in [5, 5.41) is 8.74. The van der Waals surface area contributed by atoms with Crippen LogP contribution in [-0.4, -0.2) is 19.2 Å². The standard InChI is InChI=1S/C25H17F4NO3/c1-2-24(31)33-9-3-8-32-18-6-4-15(5-7-18)16-10-22(28)25(23(29)11-16)17-12-20(26)19(14-30)21(27)13-17/h2,4-7,10-13H,1,3,8-9H2. The second-order valence-corrected chi connectivity index (χ2v) is 6.84. The number of halogens is 4. The van der Waals surface area contributed by atoms with Gasteiger partial charge < -0.3 is 9.47 Å². The number of nitriles is 1. The quantitative estimate of drug-likeness (QED) is 0.182. The summed E-state index contributed by atoms with van der Waals surface area (Å²) in [6, 6.07) is 11.3. The molecule has 0 N–H and O–H groups in total. The smallest absolute Gasteiger partial charge is 0.330 e. The molecule has 0 unspecified atom stereocenters. The fourth-order valence-corrected chi connectivity index (χ4v) is 3.06. The highest BCUT2D eigenvalue weighted by atomic mass is 19.1. The lowest BCUT2D eigenvalue weighted by molar-refractivity contribution is -0.137. The lowest BCUT2D eigenvalue weighted by atomic mass is 9.97. The molecule has 0 atom stereocenters. The second kappa shape index (κ2) is 10.5. The Kier molecular flexibility index (Phi) is 7.46. The molecular weight excluding hydrogens is 438 g/mol. The molecule has 3 aromatic carbocycles. The van der Waals surface area contributed by atoms with E-state index in [1.807, 2.05) is 0 Å². The van der Waals surface area contributed by atoms with Crippen LogP contribution in [0.1, 0.15) is 12.0 Å². The van der Waals surface area contributed by atoms with Crippen LogP contribution in [0.3, 0.4) is 0 Å². The fourth-order valence-electron chi connectivity index (χ4n) is 3.06.